The van der Waals surface area contributed by atoms with Crippen LogP contribution in [0.1, 0.15) is 6.92 Å². The highest BCUT2D eigenvalue weighted by Gasteiger charge is 2.02. The molecule has 3 heteroatoms. The number of hydrogen-bond acceptors (Lipinski definition) is 2. The van der Waals surface area contributed by atoms with E-state index in [1.807, 2.05) is 13.0 Å². The molecule has 0 saturated carbocycles. The van der Waals surface area contributed by atoms with E-state index in [2.05, 4.69) is 48.0 Å². The van der Waals surface area contributed by atoms with Gasteiger partial charge in [0.05, 0.1) is 6.61 Å². The molecule has 2 rings (SSSR count). The Bertz CT molecular complexity index is 488. The lowest BCUT2D eigenvalue weighted by Gasteiger charge is -2.11. The van der Waals surface area contributed by atoms with Gasteiger partial charge in [-0.3, -0.25) is 0 Å². The summed E-state index contributed by atoms with van der Waals surface area (Å²) < 4.78 is 7.79. The zero-order valence-electron chi connectivity index (χ0n) is 10.8. The quantitative estimate of drug-likeness (QED) is 0.788. The minimum absolute atomic E-state index is 0.715. The Morgan fingerprint density at radius 2 is 2.06 bits per heavy atom. The molecule has 2 aromatic rings. The molecule has 0 N–H and O–H groups in total. The molecule has 0 aliphatic carbocycles. The van der Waals surface area contributed by atoms with Crippen LogP contribution >= 0.6 is 0 Å². The topological polar surface area (TPSA) is 17.4 Å². The lowest BCUT2D eigenvalue weighted by Crippen LogP contribution is -2.17. The molecule has 3 nitrogen and oxygen atoms in total. The van der Waals surface area contributed by atoms with Crippen LogP contribution in [0.5, 0.6) is 5.75 Å². The zero-order valence-corrected chi connectivity index (χ0v) is 10.8. The van der Waals surface area contributed by atoms with Crippen molar-refractivity contribution >= 4 is 10.9 Å². The van der Waals surface area contributed by atoms with Crippen LogP contribution in [-0.2, 0) is 6.54 Å². The fourth-order valence-electron chi connectivity index (χ4n) is 1.94. The summed E-state index contributed by atoms with van der Waals surface area (Å²) >= 11 is 0. The Morgan fingerprint density at radius 1 is 1.24 bits per heavy atom. The number of rotatable bonds is 5. The first kappa shape index (κ1) is 12.0. The highest BCUT2D eigenvalue weighted by atomic mass is 16.5. The molecule has 0 aliphatic rings. The summed E-state index contributed by atoms with van der Waals surface area (Å²) in [6.07, 6.45) is 2.14. The number of benzene rings is 1. The van der Waals surface area contributed by atoms with Crippen LogP contribution < -0.4 is 4.74 Å². The van der Waals surface area contributed by atoms with Crippen LogP contribution in [0.2, 0.25) is 0 Å². The molecular weight excluding hydrogens is 212 g/mol. The number of aromatic nitrogens is 1. The summed E-state index contributed by atoms with van der Waals surface area (Å²) in [4.78, 5) is 2.19. The Labute approximate surface area is 103 Å². The van der Waals surface area contributed by atoms with Crippen LogP contribution in [0.15, 0.2) is 30.5 Å². The monoisotopic (exact) mass is 232 g/mol. The second-order valence-corrected chi connectivity index (χ2v) is 4.47. The molecule has 1 aromatic heterocycles. The van der Waals surface area contributed by atoms with Crippen molar-refractivity contribution < 1.29 is 4.74 Å². The van der Waals surface area contributed by atoms with Crippen LogP contribution in [0.3, 0.4) is 0 Å². The predicted molar refractivity (Wildman–Crippen MR) is 71.7 cm³/mol. The van der Waals surface area contributed by atoms with Crippen LogP contribution in [-0.4, -0.2) is 36.7 Å². The first-order valence-corrected chi connectivity index (χ1v) is 6.07. The summed E-state index contributed by atoms with van der Waals surface area (Å²) in [6.45, 7) is 4.79. The first-order chi connectivity index (χ1) is 8.20. The minimum atomic E-state index is 0.715. The fraction of sp³-hybridized carbons (Fsp3) is 0.429. The summed E-state index contributed by atoms with van der Waals surface area (Å²) in [6, 6.07) is 8.42. The van der Waals surface area contributed by atoms with Gasteiger partial charge in [-0.25, -0.2) is 0 Å². The van der Waals surface area contributed by atoms with E-state index in [4.69, 9.17) is 4.74 Å². The Hall–Kier alpha value is -1.48. The Kier molecular flexibility index (Phi) is 3.69. The second kappa shape index (κ2) is 5.23. The number of likely N-dealkylation sites (N-methyl/N-ethyl adjacent to an activating group) is 1. The third-order valence-corrected chi connectivity index (χ3v) is 2.84. The van der Waals surface area contributed by atoms with Gasteiger partial charge in [-0.1, -0.05) is 0 Å². The number of fused-ring (bicyclic) bond motifs is 1. The smallest absolute Gasteiger partial charge is 0.120 e. The van der Waals surface area contributed by atoms with Crippen molar-refractivity contribution in [2.75, 3.05) is 27.2 Å². The van der Waals surface area contributed by atoms with Gasteiger partial charge in [0.2, 0.25) is 0 Å². The molecule has 0 unspecified atom stereocenters. The van der Waals surface area contributed by atoms with E-state index in [1.54, 1.807) is 0 Å². The van der Waals surface area contributed by atoms with Crippen molar-refractivity contribution in [3.63, 3.8) is 0 Å². The average molecular weight is 232 g/mol. The molecule has 0 radical (unpaired) electrons. The van der Waals surface area contributed by atoms with Gasteiger partial charge in [0, 0.05) is 30.2 Å². The van der Waals surface area contributed by atoms with E-state index in [-0.39, 0.29) is 0 Å². The van der Waals surface area contributed by atoms with E-state index in [0.29, 0.717) is 6.61 Å². The standard InChI is InChI=1S/C14H20N2O/c1-4-17-13-5-6-14-12(11-13)7-8-16(14)10-9-15(2)3/h5-8,11H,4,9-10H2,1-3H3. The minimum Gasteiger partial charge on any atom is -0.494 e. The van der Waals surface area contributed by atoms with Gasteiger partial charge < -0.3 is 14.2 Å². The largest absolute Gasteiger partial charge is 0.494 e. The number of hydrogen-bond donors (Lipinski definition) is 0. The molecule has 0 spiro atoms. The van der Waals surface area contributed by atoms with E-state index in [1.165, 1.54) is 10.9 Å². The van der Waals surface area contributed by atoms with Gasteiger partial charge in [0.25, 0.3) is 0 Å². The van der Waals surface area contributed by atoms with Crippen LogP contribution in [0.4, 0.5) is 0 Å². The predicted octanol–water partition coefficient (Wildman–Crippen LogP) is 2.60. The van der Waals surface area contributed by atoms with E-state index in [0.717, 1.165) is 18.8 Å². The highest BCUT2D eigenvalue weighted by Crippen LogP contribution is 2.22. The third-order valence-electron chi connectivity index (χ3n) is 2.84. The van der Waals surface area contributed by atoms with Crippen molar-refractivity contribution in [2.45, 2.75) is 13.5 Å². The van der Waals surface area contributed by atoms with Crippen molar-refractivity contribution in [3.05, 3.63) is 30.5 Å². The molecule has 17 heavy (non-hydrogen) atoms. The normalized spacial score (nSPS) is 11.3. The highest BCUT2D eigenvalue weighted by molar-refractivity contribution is 5.81. The summed E-state index contributed by atoms with van der Waals surface area (Å²) in [5.41, 5.74) is 1.27. The lowest BCUT2D eigenvalue weighted by molar-refractivity contribution is 0.340. The van der Waals surface area contributed by atoms with E-state index < -0.39 is 0 Å². The summed E-state index contributed by atoms with van der Waals surface area (Å²) in [5, 5.41) is 1.25. The molecule has 0 amide bonds. The van der Waals surface area contributed by atoms with Crippen molar-refractivity contribution in [1.82, 2.24) is 9.47 Å². The van der Waals surface area contributed by atoms with Crippen molar-refractivity contribution in [1.29, 1.82) is 0 Å². The molecule has 0 fully saturated rings. The molecule has 0 bridgehead atoms. The molecule has 0 saturated heterocycles. The van der Waals surface area contributed by atoms with Gasteiger partial charge in [-0.05, 0) is 45.3 Å². The molecule has 92 valence electrons. The van der Waals surface area contributed by atoms with Gasteiger partial charge in [-0.15, -0.1) is 0 Å². The third kappa shape index (κ3) is 2.80. The Balaban J connectivity index is 2.22. The maximum absolute atomic E-state index is 5.50. The van der Waals surface area contributed by atoms with Crippen LogP contribution in [0.25, 0.3) is 10.9 Å². The number of nitrogens with zero attached hydrogens (tertiary/aromatic N) is 2. The van der Waals surface area contributed by atoms with Gasteiger partial charge in [-0.2, -0.15) is 0 Å². The van der Waals surface area contributed by atoms with Crippen LogP contribution in [0, 0.1) is 0 Å². The van der Waals surface area contributed by atoms with Gasteiger partial charge >= 0.3 is 0 Å². The molecular formula is C14H20N2O. The van der Waals surface area contributed by atoms with Gasteiger partial charge in [0.15, 0.2) is 0 Å². The fourth-order valence-corrected chi connectivity index (χ4v) is 1.94. The maximum atomic E-state index is 5.50. The SMILES string of the molecule is CCOc1ccc2c(ccn2CCN(C)C)c1. The summed E-state index contributed by atoms with van der Waals surface area (Å²) in [7, 11) is 4.19. The van der Waals surface area contributed by atoms with E-state index >= 15 is 0 Å². The first-order valence-electron chi connectivity index (χ1n) is 6.07. The molecule has 1 heterocycles. The number of ether oxygens (including phenoxy) is 1. The summed E-state index contributed by atoms with van der Waals surface area (Å²) in [5.74, 6) is 0.949. The Morgan fingerprint density at radius 3 is 2.76 bits per heavy atom. The van der Waals surface area contributed by atoms with Crippen molar-refractivity contribution in [3.8, 4) is 5.75 Å². The average Bonchev–Trinajstić information content (AvgIpc) is 2.69. The lowest BCUT2D eigenvalue weighted by atomic mass is 10.2. The molecule has 0 atom stereocenters. The molecule has 1 aromatic carbocycles. The molecule has 0 aliphatic heterocycles. The van der Waals surface area contributed by atoms with E-state index in [9.17, 15) is 0 Å². The van der Waals surface area contributed by atoms with Gasteiger partial charge in [0.1, 0.15) is 5.75 Å². The van der Waals surface area contributed by atoms with Crippen molar-refractivity contribution in [2.24, 2.45) is 0 Å². The maximum Gasteiger partial charge on any atom is 0.120 e. The zero-order chi connectivity index (χ0) is 12.3. The second-order valence-electron chi connectivity index (χ2n) is 4.47.